The standard InChI is InChI=1S/C19H22N4O5S/c1-20-19(24)15(11-14-5-3-2-4-6-14)12-16(22-25)13-21-29(28)18-9-7-17(8-10-18)23(26)27/h2-10,15-16,21H,11-13H2,1H3,(H,20,24)/t15?,16-,29?/m0/s1. The quantitative estimate of drug-likeness (QED) is 0.328. The van der Waals surface area contributed by atoms with Crippen LogP contribution < -0.4 is 10.0 Å². The highest BCUT2D eigenvalue weighted by Gasteiger charge is 2.24. The summed E-state index contributed by atoms with van der Waals surface area (Å²) in [5.41, 5.74) is 0.862. The number of nitrogens with zero attached hydrogens (tertiary/aromatic N) is 2. The molecule has 29 heavy (non-hydrogen) atoms. The molecular formula is C19H22N4O5S. The smallest absolute Gasteiger partial charge is 0.269 e. The van der Waals surface area contributed by atoms with E-state index in [9.17, 15) is 24.0 Å². The molecule has 0 radical (unpaired) electrons. The van der Waals surface area contributed by atoms with Gasteiger partial charge in [0.1, 0.15) is 17.0 Å². The van der Waals surface area contributed by atoms with Crippen molar-refractivity contribution in [3.63, 3.8) is 0 Å². The number of non-ortho nitro benzene ring substituents is 1. The summed E-state index contributed by atoms with van der Waals surface area (Å²) < 4.78 is 15.0. The van der Waals surface area contributed by atoms with Gasteiger partial charge in [-0.1, -0.05) is 35.5 Å². The van der Waals surface area contributed by atoms with Crippen LogP contribution >= 0.6 is 0 Å². The molecule has 0 fully saturated rings. The predicted octanol–water partition coefficient (Wildman–Crippen LogP) is 2.34. The van der Waals surface area contributed by atoms with Crippen LogP contribution in [0.5, 0.6) is 0 Å². The Hall–Kier alpha value is -2.98. The van der Waals surface area contributed by atoms with Gasteiger partial charge in [0, 0.05) is 31.6 Å². The number of benzene rings is 2. The number of hydrogen-bond donors (Lipinski definition) is 2. The van der Waals surface area contributed by atoms with Gasteiger partial charge in [-0.25, -0.2) is 8.93 Å². The zero-order valence-corrected chi connectivity index (χ0v) is 16.6. The van der Waals surface area contributed by atoms with Gasteiger partial charge < -0.3 is 5.32 Å². The van der Waals surface area contributed by atoms with Crippen LogP contribution in [-0.4, -0.2) is 34.7 Å². The minimum absolute atomic E-state index is 0.00931. The molecule has 2 aromatic carbocycles. The Morgan fingerprint density at radius 2 is 1.83 bits per heavy atom. The second-order valence-electron chi connectivity index (χ2n) is 6.36. The van der Waals surface area contributed by atoms with E-state index >= 15 is 0 Å². The number of carbonyl (C=O) groups is 1. The first kappa shape index (κ1) is 22.3. The fraction of sp³-hybridized carbons (Fsp3) is 0.316. The maximum Gasteiger partial charge on any atom is 0.269 e. The van der Waals surface area contributed by atoms with E-state index in [1.165, 1.54) is 31.3 Å². The average molecular weight is 418 g/mol. The number of amides is 1. The topological polar surface area (TPSA) is 131 Å². The fourth-order valence-corrected chi connectivity index (χ4v) is 3.72. The highest BCUT2D eigenvalue weighted by Crippen LogP contribution is 2.17. The lowest BCUT2D eigenvalue weighted by Gasteiger charge is -2.18. The van der Waals surface area contributed by atoms with Crippen molar-refractivity contribution in [3.8, 4) is 0 Å². The molecule has 0 aliphatic heterocycles. The van der Waals surface area contributed by atoms with Gasteiger partial charge in [0.2, 0.25) is 5.91 Å². The molecule has 0 saturated heterocycles. The Bertz CT molecular complexity index is 861. The first-order chi connectivity index (χ1) is 13.9. The highest BCUT2D eigenvalue weighted by molar-refractivity contribution is 7.83. The summed E-state index contributed by atoms with van der Waals surface area (Å²) in [6.07, 6.45) is 0.653. The van der Waals surface area contributed by atoms with Crippen LogP contribution in [0.1, 0.15) is 12.0 Å². The Morgan fingerprint density at radius 1 is 1.17 bits per heavy atom. The van der Waals surface area contributed by atoms with Crippen molar-refractivity contribution in [2.24, 2.45) is 11.1 Å². The van der Waals surface area contributed by atoms with Crippen molar-refractivity contribution in [2.75, 3.05) is 13.6 Å². The van der Waals surface area contributed by atoms with Gasteiger partial charge in [-0.05, 0) is 30.5 Å². The van der Waals surface area contributed by atoms with Crippen molar-refractivity contribution in [2.45, 2.75) is 23.8 Å². The molecule has 0 aromatic heterocycles. The minimum atomic E-state index is -1.66. The van der Waals surface area contributed by atoms with Crippen molar-refractivity contribution < 1.29 is 13.9 Å². The number of hydrogen-bond acceptors (Lipinski definition) is 6. The molecule has 0 aliphatic carbocycles. The minimum Gasteiger partial charge on any atom is -0.359 e. The van der Waals surface area contributed by atoms with Crippen molar-refractivity contribution in [1.29, 1.82) is 0 Å². The SMILES string of the molecule is CNC(=O)C(Cc1ccccc1)C[C@@H](CNS(=O)c1ccc([N+](=O)[O-])cc1)N=O. The summed E-state index contributed by atoms with van der Waals surface area (Å²) in [6, 6.07) is 14.0. The monoisotopic (exact) mass is 418 g/mol. The second kappa shape index (κ2) is 11.1. The fourth-order valence-electron chi connectivity index (χ4n) is 2.82. The molecule has 0 aliphatic rings. The largest absolute Gasteiger partial charge is 0.359 e. The summed E-state index contributed by atoms with van der Waals surface area (Å²) in [5, 5.41) is 16.4. The van der Waals surface area contributed by atoms with E-state index in [2.05, 4.69) is 15.2 Å². The van der Waals surface area contributed by atoms with Crippen molar-refractivity contribution in [1.82, 2.24) is 10.0 Å². The first-order valence-corrected chi connectivity index (χ1v) is 10.1. The molecule has 0 bridgehead atoms. The van der Waals surface area contributed by atoms with E-state index in [1.807, 2.05) is 30.3 Å². The first-order valence-electron chi connectivity index (χ1n) is 8.92. The number of nitroso groups, excluding NO2 is 1. The van der Waals surface area contributed by atoms with Crippen molar-refractivity contribution >= 4 is 22.6 Å². The number of carbonyl (C=O) groups excluding carboxylic acids is 1. The zero-order valence-electron chi connectivity index (χ0n) is 15.8. The molecule has 1 amide bonds. The van der Waals surface area contributed by atoms with E-state index in [-0.39, 0.29) is 24.6 Å². The Kier molecular flexibility index (Phi) is 8.56. The van der Waals surface area contributed by atoms with E-state index in [0.717, 1.165) is 5.56 Å². The van der Waals surface area contributed by atoms with Crippen LogP contribution in [0, 0.1) is 20.9 Å². The van der Waals surface area contributed by atoms with Gasteiger partial charge in [-0.3, -0.25) is 14.9 Å². The number of nitro benzene ring substituents is 1. The molecule has 10 heteroatoms. The molecule has 2 rings (SSSR count). The second-order valence-corrected chi connectivity index (χ2v) is 7.66. The molecule has 2 N–H and O–H groups in total. The van der Waals surface area contributed by atoms with E-state index in [4.69, 9.17) is 0 Å². The number of rotatable bonds is 11. The lowest BCUT2D eigenvalue weighted by atomic mass is 9.92. The van der Waals surface area contributed by atoms with Gasteiger partial charge in [0.25, 0.3) is 5.69 Å². The highest BCUT2D eigenvalue weighted by atomic mass is 32.2. The van der Waals surface area contributed by atoms with Gasteiger partial charge in [0.05, 0.1) is 9.82 Å². The Labute approximate surface area is 170 Å². The summed E-state index contributed by atoms with van der Waals surface area (Å²) >= 11 is 0. The van der Waals surface area contributed by atoms with E-state index < -0.39 is 27.9 Å². The maximum atomic E-state index is 12.3. The summed E-state index contributed by atoms with van der Waals surface area (Å²) in [6.45, 7) is 0.00931. The van der Waals surface area contributed by atoms with Gasteiger partial charge in [0.15, 0.2) is 0 Å². The molecule has 3 atom stereocenters. The van der Waals surface area contributed by atoms with Crippen LogP contribution in [0.15, 0.2) is 64.7 Å². The Balaban J connectivity index is 1.97. The van der Waals surface area contributed by atoms with Crippen LogP contribution in [0.2, 0.25) is 0 Å². The third kappa shape index (κ3) is 6.84. The molecular weight excluding hydrogens is 396 g/mol. The van der Waals surface area contributed by atoms with Crippen molar-refractivity contribution in [3.05, 3.63) is 75.2 Å². The molecule has 0 spiro atoms. The molecule has 0 saturated carbocycles. The maximum absolute atomic E-state index is 12.3. The number of nitrogens with one attached hydrogen (secondary N) is 2. The van der Waals surface area contributed by atoms with E-state index in [1.54, 1.807) is 0 Å². The normalized spacial score (nSPS) is 13.8. The summed E-state index contributed by atoms with van der Waals surface area (Å²) in [5.74, 6) is -0.654. The lowest BCUT2D eigenvalue weighted by molar-refractivity contribution is -0.384. The van der Waals surface area contributed by atoms with Gasteiger partial charge >= 0.3 is 0 Å². The molecule has 2 aromatic rings. The third-order valence-electron chi connectivity index (χ3n) is 4.36. The lowest BCUT2D eigenvalue weighted by Crippen LogP contribution is -2.35. The number of nitro groups is 1. The van der Waals surface area contributed by atoms with Crippen LogP contribution in [0.3, 0.4) is 0 Å². The van der Waals surface area contributed by atoms with Crippen LogP contribution in [0.4, 0.5) is 5.69 Å². The Morgan fingerprint density at radius 3 is 2.38 bits per heavy atom. The predicted molar refractivity (Wildman–Crippen MR) is 109 cm³/mol. The van der Waals surface area contributed by atoms with Crippen LogP contribution in [0.25, 0.3) is 0 Å². The van der Waals surface area contributed by atoms with E-state index in [0.29, 0.717) is 11.3 Å². The molecule has 154 valence electrons. The summed E-state index contributed by atoms with van der Waals surface area (Å²) in [7, 11) is -0.131. The zero-order chi connectivity index (χ0) is 21.2. The van der Waals surface area contributed by atoms with Gasteiger partial charge in [-0.15, -0.1) is 0 Å². The molecule has 2 unspecified atom stereocenters. The van der Waals surface area contributed by atoms with Crippen LogP contribution in [-0.2, 0) is 22.2 Å². The third-order valence-corrected chi connectivity index (χ3v) is 5.49. The van der Waals surface area contributed by atoms with Gasteiger partial charge in [-0.2, -0.15) is 4.91 Å². The molecule has 9 nitrogen and oxygen atoms in total. The average Bonchev–Trinajstić information content (AvgIpc) is 2.75. The molecule has 0 heterocycles. The summed E-state index contributed by atoms with van der Waals surface area (Å²) in [4.78, 5) is 34.0.